The molecule has 0 aliphatic carbocycles. The average Bonchev–Trinajstić information content (AvgIpc) is 1.95. The number of hydrazine groups is 1. The zero-order chi connectivity index (χ0) is 7.40. The summed E-state index contributed by atoms with van der Waals surface area (Å²) in [5.41, 5.74) is 0. The van der Waals surface area contributed by atoms with Crippen molar-refractivity contribution in [3.8, 4) is 0 Å². The Morgan fingerprint density at radius 2 is 1.90 bits per heavy atom. The van der Waals surface area contributed by atoms with Gasteiger partial charge < -0.3 is 0 Å². The van der Waals surface area contributed by atoms with E-state index in [2.05, 4.69) is 4.83 Å². The molecule has 1 aromatic carbocycles. The lowest BCUT2D eigenvalue weighted by atomic mass is 10.4. The Morgan fingerprint density at radius 1 is 1.30 bits per heavy atom. The summed E-state index contributed by atoms with van der Waals surface area (Å²) in [6, 6.07) is 7.43. The molecule has 0 aromatic heterocycles. The van der Waals surface area contributed by atoms with Gasteiger partial charge in [-0.25, -0.2) is 0 Å². The molecule has 0 fully saturated rings. The van der Waals surface area contributed by atoms with Gasteiger partial charge in [-0.15, -0.1) is 0 Å². The Morgan fingerprint density at radius 3 is 2.40 bits per heavy atom. The predicted molar refractivity (Wildman–Crippen MR) is 44.6 cm³/mol. The van der Waals surface area contributed by atoms with Crippen LogP contribution in [0.3, 0.4) is 0 Å². The van der Waals surface area contributed by atoms with Crippen molar-refractivity contribution >= 4 is 23.5 Å². The highest BCUT2D eigenvalue weighted by Gasteiger charge is 1.89. The summed E-state index contributed by atoms with van der Waals surface area (Å²) in [6.07, 6.45) is 0. The second-order valence-electron chi connectivity index (χ2n) is 1.67. The molecular formula is C6H7ClN2S. The molecule has 0 saturated heterocycles. The maximum absolute atomic E-state index is 5.65. The first-order valence-corrected chi connectivity index (χ1v) is 3.90. The van der Waals surface area contributed by atoms with Crippen LogP contribution in [-0.2, 0) is 0 Å². The van der Waals surface area contributed by atoms with Gasteiger partial charge in [0.2, 0.25) is 0 Å². The largest absolute Gasteiger partial charge is 0.261 e. The van der Waals surface area contributed by atoms with E-state index in [1.807, 2.05) is 24.3 Å². The monoisotopic (exact) mass is 174 g/mol. The van der Waals surface area contributed by atoms with Gasteiger partial charge in [0, 0.05) is 9.92 Å². The molecule has 0 spiro atoms. The quantitative estimate of drug-likeness (QED) is 0.408. The van der Waals surface area contributed by atoms with Gasteiger partial charge in [0.25, 0.3) is 0 Å². The number of rotatable bonds is 2. The van der Waals surface area contributed by atoms with E-state index in [9.17, 15) is 0 Å². The second kappa shape index (κ2) is 3.83. The molecule has 54 valence electrons. The lowest BCUT2D eigenvalue weighted by molar-refractivity contribution is 1.11. The van der Waals surface area contributed by atoms with Crippen molar-refractivity contribution in [3.63, 3.8) is 0 Å². The van der Waals surface area contributed by atoms with Crippen LogP contribution in [0.5, 0.6) is 0 Å². The van der Waals surface area contributed by atoms with Crippen molar-refractivity contribution in [2.75, 3.05) is 0 Å². The number of benzene rings is 1. The SMILES string of the molecule is NNSc1ccc(Cl)cc1. The zero-order valence-electron chi connectivity index (χ0n) is 5.17. The summed E-state index contributed by atoms with van der Waals surface area (Å²) in [7, 11) is 0. The molecule has 4 heteroatoms. The van der Waals surface area contributed by atoms with Gasteiger partial charge in [0.15, 0.2) is 0 Å². The molecule has 0 unspecified atom stereocenters. The van der Waals surface area contributed by atoms with Gasteiger partial charge in [-0.1, -0.05) is 11.6 Å². The van der Waals surface area contributed by atoms with Crippen molar-refractivity contribution < 1.29 is 0 Å². The van der Waals surface area contributed by atoms with Crippen LogP contribution < -0.4 is 10.7 Å². The van der Waals surface area contributed by atoms with E-state index in [1.54, 1.807) is 0 Å². The van der Waals surface area contributed by atoms with E-state index < -0.39 is 0 Å². The van der Waals surface area contributed by atoms with Crippen molar-refractivity contribution in [2.24, 2.45) is 5.84 Å². The van der Waals surface area contributed by atoms with Gasteiger partial charge in [-0.05, 0) is 36.2 Å². The first-order chi connectivity index (χ1) is 4.83. The summed E-state index contributed by atoms with van der Waals surface area (Å²) in [6.45, 7) is 0. The molecule has 10 heavy (non-hydrogen) atoms. The second-order valence-corrected chi connectivity index (χ2v) is 3.02. The highest BCUT2D eigenvalue weighted by molar-refractivity contribution is 7.97. The lowest BCUT2D eigenvalue weighted by Gasteiger charge is -1.96. The lowest BCUT2D eigenvalue weighted by Crippen LogP contribution is -2.10. The highest BCUT2D eigenvalue weighted by atomic mass is 35.5. The van der Waals surface area contributed by atoms with Crippen molar-refractivity contribution in [3.05, 3.63) is 29.3 Å². The minimum Gasteiger partial charge on any atom is -0.261 e. The van der Waals surface area contributed by atoms with E-state index >= 15 is 0 Å². The van der Waals surface area contributed by atoms with Gasteiger partial charge in [0.1, 0.15) is 0 Å². The standard InChI is InChI=1S/C6H7ClN2S/c7-5-1-3-6(4-2-5)10-9-8/h1-4,9H,8H2. The van der Waals surface area contributed by atoms with Gasteiger partial charge in [-0.3, -0.25) is 5.84 Å². The van der Waals surface area contributed by atoms with E-state index in [0.29, 0.717) is 0 Å². The third-order valence-electron chi connectivity index (χ3n) is 0.990. The third kappa shape index (κ3) is 2.19. The molecule has 0 atom stereocenters. The minimum atomic E-state index is 0.737. The Hall–Kier alpha value is -0.220. The Balaban J connectivity index is 2.69. The third-order valence-corrected chi connectivity index (χ3v) is 1.87. The van der Waals surface area contributed by atoms with E-state index in [4.69, 9.17) is 17.4 Å². The normalized spacial score (nSPS) is 9.80. The Kier molecular flexibility index (Phi) is 3.02. The number of hydrogen-bond donors (Lipinski definition) is 2. The summed E-state index contributed by atoms with van der Waals surface area (Å²) in [4.78, 5) is 3.53. The fourth-order valence-corrected chi connectivity index (χ4v) is 1.10. The van der Waals surface area contributed by atoms with Gasteiger partial charge >= 0.3 is 0 Å². The van der Waals surface area contributed by atoms with Crippen LogP contribution in [0.4, 0.5) is 0 Å². The summed E-state index contributed by atoms with van der Waals surface area (Å²) < 4.78 is 0. The van der Waals surface area contributed by atoms with E-state index in [0.717, 1.165) is 9.92 Å². The van der Waals surface area contributed by atoms with E-state index in [1.165, 1.54) is 11.9 Å². The molecule has 0 heterocycles. The fourth-order valence-electron chi connectivity index (χ4n) is 0.571. The van der Waals surface area contributed by atoms with Crippen molar-refractivity contribution in [1.29, 1.82) is 0 Å². The maximum atomic E-state index is 5.65. The summed E-state index contributed by atoms with van der Waals surface area (Å²) in [5, 5.41) is 0.737. The first kappa shape index (κ1) is 7.88. The summed E-state index contributed by atoms with van der Waals surface area (Å²) in [5.74, 6) is 5.08. The molecule has 0 amide bonds. The van der Waals surface area contributed by atoms with Crippen LogP contribution >= 0.6 is 23.5 Å². The number of halogens is 1. The molecule has 1 rings (SSSR count). The topological polar surface area (TPSA) is 38.0 Å². The van der Waals surface area contributed by atoms with Crippen LogP contribution in [0.25, 0.3) is 0 Å². The molecular weight excluding hydrogens is 168 g/mol. The molecule has 1 aromatic rings. The smallest absolute Gasteiger partial charge is 0.0406 e. The van der Waals surface area contributed by atoms with Crippen molar-refractivity contribution in [1.82, 2.24) is 4.83 Å². The van der Waals surface area contributed by atoms with Gasteiger partial charge in [-0.2, -0.15) is 4.83 Å². The van der Waals surface area contributed by atoms with Crippen LogP contribution in [0.15, 0.2) is 29.2 Å². The minimum absolute atomic E-state index is 0.737. The van der Waals surface area contributed by atoms with Gasteiger partial charge in [0.05, 0.1) is 0 Å². The van der Waals surface area contributed by atoms with Crippen LogP contribution in [0, 0.1) is 0 Å². The zero-order valence-corrected chi connectivity index (χ0v) is 6.75. The fraction of sp³-hybridized carbons (Fsp3) is 0. The molecule has 0 aliphatic heterocycles. The predicted octanol–water partition coefficient (Wildman–Crippen LogP) is 1.81. The number of hydrogen-bond acceptors (Lipinski definition) is 3. The molecule has 0 saturated carbocycles. The highest BCUT2D eigenvalue weighted by Crippen LogP contribution is 2.16. The molecule has 2 nitrogen and oxygen atoms in total. The molecule has 0 aliphatic rings. The molecule has 0 bridgehead atoms. The number of nitrogens with two attached hydrogens (primary N) is 1. The van der Waals surface area contributed by atoms with Crippen LogP contribution in [-0.4, -0.2) is 0 Å². The maximum Gasteiger partial charge on any atom is 0.0406 e. The van der Waals surface area contributed by atoms with Crippen LogP contribution in [0.1, 0.15) is 0 Å². The van der Waals surface area contributed by atoms with E-state index in [-0.39, 0.29) is 0 Å². The molecule has 0 radical (unpaired) electrons. The Bertz CT molecular complexity index is 199. The van der Waals surface area contributed by atoms with Crippen molar-refractivity contribution in [2.45, 2.75) is 4.90 Å². The Labute approximate surface area is 68.9 Å². The number of nitrogens with one attached hydrogen (secondary N) is 1. The average molecular weight is 175 g/mol. The van der Waals surface area contributed by atoms with Crippen LogP contribution in [0.2, 0.25) is 5.02 Å². The molecule has 3 N–H and O–H groups in total. The summed E-state index contributed by atoms with van der Waals surface area (Å²) >= 11 is 7.00. The first-order valence-electron chi connectivity index (χ1n) is 2.71.